The summed E-state index contributed by atoms with van der Waals surface area (Å²) in [5, 5.41) is 18.0. The van der Waals surface area contributed by atoms with E-state index in [1.165, 1.54) is 25.3 Å². The van der Waals surface area contributed by atoms with Gasteiger partial charge in [0.25, 0.3) is 0 Å². The highest BCUT2D eigenvalue weighted by Crippen LogP contribution is 2.22. The lowest BCUT2D eigenvalue weighted by atomic mass is 9.80. The number of hydrogen-bond donors (Lipinski definition) is 2. The summed E-state index contributed by atoms with van der Waals surface area (Å²) in [6.07, 6.45) is 4.71. The maximum absolute atomic E-state index is 13.9. The topological polar surface area (TPSA) is 43.7 Å². The van der Waals surface area contributed by atoms with Crippen LogP contribution >= 0.6 is 0 Å². The third kappa shape index (κ3) is 3.56. The van der Waals surface area contributed by atoms with E-state index in [1.54, 1.807) is 12.1 Å². The van der Waals surface area contributed by atoms with E-state index in [1.807, 2.05) is 0 Å². The van der Waals surface area contributed by atoms with Gasteiger partial charge >= 0.3 is 7.12 Å². The number of hydrogen-bond acceptors (Lipinski definition) is 3. The van der Waals surface area contributed by atoms with Crippen molar-refractivity contribution >= 4 is 12.6 Å². The zero-order valence-corrected chi connectivity index (χ0v) is 11.3. The third-order valence-corrected chi connectivity index (χ3v) is 3.97. The van der Waals surface area contributed by atoms with E-state index in [-0.39, 0.29) is 11.3 Å². The molecule has 1 saturated heterocycles. The number of piperidine rings is 1. The van der Waals surface area contributed by atoms with Crippen molar-refractivity contribution in [2.45, 2.75) is 45.2 Å². The fraction of sp³-hybridized carbons (Fsp3) is 0.571. The second kappa shape index (κ2) is 6.50. The molecule has 0 amide bonds. The predicted octanol–water partition coefficient (Wildman–Crippen LogP) is 1.27. The lowest BCUT2D eigenvalue weighted by molar-refractivity contribution is 0.134. The zero-order valence-electron chi connectivity index (χ0n) is 11.3. The highest BCUT2D eigenvalue weighted by molar-refractivity contribution is 6.58. The van der Waals surface area contributed by atoms with Crippen molar-refractivity contribution in [3.8, 4) is 0 Å². The van der Waals surface area contributed by atoms with Crippen molar-refractivity contribution in [2.24, 2.45) is 0 Å². The van der Waals surface area contributed by atoms with Gasteiger partial charge in [-0.1, -0.05) is 25.5 Å². The average Bonchev–Trinajstić information content (AvgIpc) is 2.41. The van der Waals surface area contributed by atoms with Gasteiger partial charge in [0.2, 0.25) is 0 Å². The molecule has 19 heavy (non-hydrogen) atoms. The standard InChI is InChI=1S/C14H21BFNO2/c1-2-13-5-3-4-8-17(13)10-11-6-7-12(15(18)19)9-14(11)16/h6-7,9,13,18-19H,2-5,8,10H2,1H3. The van der Waals surface area contributed by atoms with Crippen LogP contribution in [0.25, 0.3) is 0 Å². The van der Waals surface area contributed by atoms with Crippen molar-refractivity contribution in [1.82, 2.24) is 4.90 Å². The first kappa shape index (κ1) is 14.5. The van der Waals surface area contributed by atoms with E-state index in [4.69, 9.17) is 10.0 Å². The number of rotatable bonds is 4. The Morgan fingerprint density at radius 2 is 2.16 bits per heavy atom. The van der Waals surface area contributed by atoms with Gasteiger partial charge in [-0.2, -0.15) is 0 Å². The van der Waals surface area contributed by atoms with Gasteiger partial charge < -0.3 is 10.0 Å². The summed E-state index contributed by atoms with van der Waals surface area (Å²) < 4.78 is 13.9. The van der Waals surface area contributed by atoms with Gasteiger partial charge in [0.15, 0.2) is 0 Å². The van der Waals surface area contributed by atoms with Crippen LogP contribution in [0.5, 0.6) is 0 Å². The Balaban J connectivity index is 2.09. The second-order valence-electron chi connectivity index (χ2n) is 5.25. The first-order valence-electron chi connectivity index (χ1n) is 7.00. The van der Waals surface area contributed by atoms with E-state index in [0.717, 1.165) is 13.0 Å². The molecule has 1 unspecified atom stereocenters. The Labute approximate surface area is 114 Å². The minimum atomic E-state index is -1.61. The summed E-state index contributed by atoms with van der Waals surface area (Å²) >= 11 is 0. The Kier molecular flexibility index (Phi) is 4.96. The van der Waals surface area contributed by atoms with Crippen molar-refractivity contribution in [3.63, 3.8) is 0 Å². The van der Waals surface area contributed by atoms with Crippen LogP contribution < -0.4 is 5.46 Å². The van der Waals surface area contributed by atoms with E-state index >= 15 is 0 Å². The number of halogens is 1. The highest BCUT2D eigenvalue weighted by Gasteiger charge is 2.22. The molecule has 1 aromatic carbocycles. The van der Waals surface area contributed by atoms with Gasteiger partial charge in [0.1, 0.15) is 5.82 Å². The van der Waals surface area contributed by atoms with Gasteiger partial charge in [-0.3, -0.25) is 4.90 Å². The largest absolute Gasteiger partial charge is 0.488 e. The van der Waals surface area contributed by atoms with Crippen LogP contribution in [0.4, 0.5) is 4.39 Å². The highest BCUT2D eigenvalue weighted by atomic mass is 19.1. The SMILES string of the molecule is CCC1CCCCN1Cc1ccc(B(O)O)cc1F. The quantitative estimate of drug-likeness (QED) is 0.806. The average molecular weight is 265 g/mol. The maximum Gasteiger partial charge on any atom is 0.488 e. The minimum absolute atomic E-state index is 0.201. The van der Waals surface area contributed by atoms with Gasteiger partial charge in [-0.25, -0.2) is 4.39 Å². The van der Waals surface area contributed by atoms with Crippen molar-refractivity contribution in [1.29, 1.82) is 0 Å². The first-order valence-corrected chi connectivity index (χ1v) is 7.00. The summed E-state index contributed by atoms with van der Waals surface area (Å²) in [6, 6.07) is 4.99. The Bertz CT molecular complexity index is 428. The summed E-state index contributed by atoms with van der Waals surface area (Å²) in [6.45, 7) is 3.79. The summed E-state index contributed by atoms with van der Waals surface area (Å²) in [5.41, 5.74) is 0.830. The maximum atomic E-state index is 13.9. The Morgan fingerprint density at radius 3 is 2.79 bits per heavy atom. The molecule has 1 aromatic rings. The van der Waals surface area contributed by atoms with E-state index in [2.05, 4.69) is 11.8 Å². The van der Waals surface area contributed by atoms with E-state index < -0.39 is 7.12 Å². The molecular formula is C14H21BFNO2. The molecule has 1 aliphatic heterocycles. The lowest BCUT2D eigenvalue weighted by Gasteiger charge is -2.35. The molecule has 0 saturated carbocycles. The van der Waals surface area contributed by atoms with Crippen LogP contribution in [-0.2, 0) is 6.54 Å². The van der Waals surface area contributed by atoms with E-state index in [0.29, 0.717) is 18.2 Å². The van der Waals surface area contributed by atoms with Crippen LogP contribution in [0.3, 0.4) is 0 Å². The van der Waals surface area contributed by atoms with Gasteiger partial charge in [0, 0.05) is 18.2 Å². The van der Waals surface area contributed by atoms with Crippen molar-refractivity contribution in [3.05, 3.63) is 29.6 Å². The molecule has 0 aromatic heterocycles. The molecule has 1 fully saturated rings. The molecule has 1 heterocycles. The zero-order chi connectivity index (χ0) is 13.8. The molecular weight excluding hydrogens is 244 g/mol. The molecule has 3 nitrogen and oxygen atoms in total. The van der Waals surface area contributed by atoms with Crippen LogP contribution in [0.15, 0.2) is 18.2 Å². The molecule has 2 N–H and O–H groups in total. The van der Waals surface area contributed by atoms with Gasteiger partial charge in [0.05, 0.1) is 0 Å². The Morgan fingerprint density at radius 1 is 1.37 bits per heavy atom. The summed E-state index contributed by atoms with van der Waals surface area (Å²) in [4.78, 5) is 2.33. The Hall–Kier alpha value is -0.905. The number of likely N-dealkylation sites (tertiary alicyclic amines) is 1. The summed E-state index contributed by atoms with van der Waals surface area (Å²) in [5.74, 6) is -0.356. The normalized spacial score (nSPS) is 20.5. The van der Waals surface area contributed by atoms with Crippen molar-refractivity contribution < 1.29 is 14.4 Å². The molecule has 0 aliphatic carbocycles. The molecule has 1 atom stereocenters. The van der Waals surface area contributed by atoms with Crippen LogP contribution in [-0.4, -0.2) is 34.7 Å². The smallest absolute Gasteiger partial charge is 0.423 e. The molecule has 0 bridgehead atoms. The second-order valence-corrected chi connectivity index (χ2v) is 5.25. The third-order valence-electron chi connectivity index (χ3n) is 3.97. The fourth-order valence-corrected chi connectivity index (χ4v) is 2.80. The monoisotopic (exact) mass is 265 g/mol. The minimum Gasteiger partial charge on any atom is -0.423 e. The number of benzene rings is 1. The van der Waals surface area contributed by atoms with Gasteiger partial charge in [-0.15, -0.1) is 0 Å². The van der Waals surface area contributed by atoms with E-state index in [9.17, 15) is 4.39 Å². The van der Waals surface area contributed by atoms with Crippen LogP contribution in [0.2, 0.25) is 0 Å². The first-order chi connectivity index (χ1) is 9.11. The van der Waals surface area contributed by atoms with Crippen LogP contribution in [0.1, 0.15) is 38.2 Å². The fourth-order valence-electron chi connectivity index (χ4n) is 2.80. The molecule has 0 radical (unpaired) electrons. The van der Waals surface area contributed by atoms with Crippen LogP contribution in [0, 0.1) is 5.82 Å². The molecule has 5 heteroatoms. The molecule has 2 rings (SSSR count). The molecule has 1 aliphatic rings. The van der Waals surface area contributed by atoms with Crippen molar-refractivity contribution in [2.75, 3.05) is 6.54 Å². The molecule has 104 valence electrons. The predicted molar refractivity (Wildman–Crippen MR) is 74.6 cm³/mol. The van der Waals surface area contributed by atoms with Gasteiger partial charge in [-0.05, 0) is 37.3 Å². The number of nitrogens with zero attached hydrogens (tertiary/aromatic N) is 1. The lowest BCUT2D eigenvalue weighted by Crippen LogP contribution is -2.39. The summed E-state index contributed by atoms with van der Waals surface area (Å²) in [7, 11) is -1.61. The molecule has 0 spiro atoms.